The monoisotopic (exact) mass is 285 g/mol. The van der Waals surface area contributed by atoms with Gasteiger partial charge in [-0.2, -0.15) is 0 Å². The second kappa shape index (κ2) is 4.97. The van der Waals surface area contributed by atoms with Gasteiger partial charge in [0.05, 0.1) is 24.5 Å². The van der Waals surface area contributed by atoms with Crippen molar-refractivity contribution in [1.29, 1.82) is 0 Å². The Morgan fingerprint density at radius 1 is 1.15 bits per heavy atom. The van der Waals surface area contributed by atoms with Crippen molar-refractivity contribution in [2.45, 2.75) is 45.3 Å². The van der Waals surface area contributed by atoms with Gasteiger partial charge in [0, 0.05) is 17.2 Å². The summed E-state index contributed by atoms with van der Waals surface area (Å²) in [6.07, 6.45) is -0.175. The van der Waals surface area contributed by atoms with Crippen LogP contribution in [-0.4, -0.2) is 30.4 Å². The number of hydrogen-bond acceptors (Lipinski definition) is 4. The largest absolute Gasteiger partial charge is 0.499 e. The first-order valence-corrected chi connectivity index (χ1v) is 6.35. The lowest BCUT2D eigenvalue weighted by atomic mass is 9.76. The van der Waals surface area contributed by atoms with Crippen LogP contribution in [-0.2, 0) is 9.31 Å². The highest BCUT2D eigenvalue weighted by atomic mass is 19.3. The summed E-state index contributed by atoms with van der Waals surface area (Å²) in [6.45, 7) is 7.46. The first kappa shape index (κ1) is 15.2. The molecule has 2 heterocycles. The van der Waals surface area contributed by atoms with Crippen LogP contribution in [0.2, 0.25) is 0 Å². The standard InChI is InChI=1S/C13H18BF2NO3/c1-12(2)13(3,4)20-14(19-12)10-8(11(15)16)6-17-7-9(10)18-5/h6-7,11H,1-5H3. The molecule has 0 amide bonds. The molecular weight excluding hydrogens is 267 g/mol. The Labute approximate surface area is 117 Å². The highest BCUT2D eigenvalue weighted by molar-refractivity contribution is 6.63. The van der Waals surface area contributed by atoms with Gasteiger partial charge in [-0.05, 0) is 27.7 Å². The first-order chi connectivity index (χ1) is 9.19. The predicted octanol–water partition coefficient (Wildman–Crippen LogP) is 2.33. The van der Waals surface area contributed by atoms with Crippen molar-refractivity contribution >= 4 is 12.6 Å². The summed E-state index contributed by atoms with van der Waals surface area (Å²) in [5.41, 5.74) is -1.24. The number of methoxy groups -OCH3 is 1. The summed E-state index contributed by atoms with van der Waals surface area (Å²) in [5.74, 6) is 0.237. The Morgan fingerprint density at radius 3 is 2.15 bits per heavy atom. The van der Waals surface area contributed by atoms with Gasteiger partial charge >= 0.3 is 7.12 Å². The molecule has 1 saturated heterocycles. The van der Waals surface area contributed by atoms with Crippen LogP contribution in [0.25, 0.3) is 0 Å². The quantitative estimate of drug-likeness (QED) is 0.799. The number of hydrogen-bond donors (Lipinski definition) is 0. The number of alkyl halides is 2. The molecular formula is C13H18BF2NO3. The van der Waals surface area contributed by atoms with Crippen LogP contribution in [0.1, 0.15) is 39.7 Å². The summed E-state index contributed by atoms with van der Waals surface area (Å²) in [7, 11) is 0.503. The van der Waals surface area contributed by atoms with Gasteiger partial charge < -0.3 is 14.0 Å². The Bertz CT molecular complexity index is 492. The first-order valence-electron chi connectivity index (χ1n) is 6.35. The molecule has 4 nitrogen and oxygen atoms in total. The SMILES string of the molecule is COc1cncc(C(F)F)c1B1OC(C)(C)C(C)(C)O1. The van der Waals surface area contributed by atoms with Crippen LogP contribution in [0, 0.1) is 0 Å². The number of halogens is 2. The molecule has 0 radical (unpaired) electrons. The molecule has 1 fully saturated rings. The van der Waals surface area contributed by atoms with E-state index in [9.17, 15) is 8.78 Å². The predicted molar refractivity (Wildman–Crippen MR) is 71.5 cm³/mol. The number of pyridine rings is 1. The molecule has 0 spiro atoms. The van der Waals surface area contributed by atoms with Gasteiger partial charge in [-0.1, -0.05) is 0 Å². The van der Waals surface area contributed by atoms with Crippen LogP contribution in [0.5, 0.6) is 5.75 Å². The maximum atomic E-state index is 13.2. The number of nitrogens with zero attached hydrogens (tertiary/aromatic N) is 1. The minimum absolute atomic E-state index is 0.205. The summed E-state index contributed by atoms with van der Waals surface area (Å²) in [5, 5.41) is 0. The topological polar surface area (TPSA) is 40.6 Å². The fourth-order valence-electron chi connectivity index (χ4n) is 2.02. The molecule has 1 aromatic heterocycles. The van der Waals surface area contributed by atoms with Crippen LogP contribution < -0.4 is 10.2 Å². The number of rotatable bonds is 3. The molecule has 1 aliphatic rings. The highest BCUT2D eigenvalue weighted by Gasteiger charge is 2.53. The van der Waals surface area contributed by atoms with Gasteiger partial charge in [0.15, 0.2) is 0 Å². The number of aromatic nitrogens is 1. The van der Waals surface area contributed by atoms with Crippen molar-refractivity contribution < 1.29 is 22.8 Å². The van der Waals surface area contributed by atoms with Crippen molar-refractivity contribution in [3.63, 3.8) is 0 Å². The van der Waals surface area contributed by atoms with E-state index >= 15 is 0 Å². The van der Waals surface area contributed by atoms with Crippen LogP contribution in [0.3, 0.4) is 0 Å². The zero-order chi connectivity index (χ0) is 15.1. The average molecular weight is 285 g/mol. The third kappa shape index (κ3) is 2.40. The lowest BCUT2D eigenvalue weighted by Crippen LogP contribution is -2.41. The summed E-state index contributed by atoms with van der Waals surface area (Å²) < 4.78 is 43.1. The molecule has 0 saturated carbocycles. The van der Waals surface area contributed by atoms with E-state index in [2.05, 4.69) is 4.98 Å². The smallest absolute Gasteiger partial charge is 0.495 e. The second-order valence-electron chi connectivity index (χ2n) is 5.73. The molecule has 7 heteroatoms. The molecule has 2 rings (SSSR count). The van der Waals surface area contributed by atoms with Crippen molar-refractivity contribution in [2.24, 2.45) is 0 Å². The molecule has 0 aromatic carbocycles. The zero-order valence-electron chi connectivity index (χ0n) is 12.2. The Hall–Kier alpha value is -1.21. The second-order valence-corrected chi connectivity index (χ2v) is 5.73. The van der Waals surface area contributed by atoms with Crippen LogP contribution >= 0.6 is 0 Å². The molecule has 0 N–H and O–H groups in total. The Balaban J connectivity index is 2.48. The van der Waals surface area contributed by atoms with Gasteiger partial charge in [0.25, 0.3) is 6.43 Å². The summed E-state index contributed by atoms with van der Waals surface area (Å²) in [4.78, 5) is 3.77. The van der Waals surface area contributed by atoms with E-state index < -0.39 is 24.7 Å². The molecule has 0 unspecified atom stereocenters. The molecule has 0 aliphatic carbocycles. The summed E-state index contributed by atoms with van der Waals surface area (Å²) >= 11 is 0. The molecule has 1 aromatic rings. The maximum absolute atomic E-state index is 13.2. The van der Waals surface area contributed by atoms with Crippen molar-refractivity contribution in [1.82, 2.24) is 4.98 Å². The van der Waals surface area contributed by atoms with Gasteiger partial charge in [-0.25, -0.2) is 8.78 Å². The van der Waals surface area contributed by atoms with Crippen molar-refractivity contribution in [2.75, 3.05) is 7.11 Å². The van der Waals surface area contributed by atoms with Crippen LogP contribution in [0.4, 0.5) is 8.78 Å². The van der Waals surface area contributed by atoms with E-state index in [1.165, 1.54) is 13.3 Å². The van der Waals surface area contributed by atoms with E-state index in [-0.39, 0.29) is 16.8 Å². The van der Waals surface area contributed by atoms with Crippen molar-refractivity contribution in [3.8, 4) is 5.75 Å². The molecule has 1 aliphatic heterocycles. The average Bonchev–Trinajstić information content (AvgIpc) is 2.57. The van der Waals surface area contributed by atoms with Crippen LogP contribution in [0.15, 0.2) is 12.4 Å². The Kier molecular flexibility index (Phi) is 3.77. The zero-order valence-corrected chi connectivity index (χ0v) is 12.2. The fraction of sp³-hybridized carbons (Fsp3) is 0.615. The van der Waals surface area contributed by atoms with E-state index in [1.54, 1.807) is 0 Å². The minimum atomic E-state index is -2.67. The van der Waals surface area contributed by atoms with Gasteiger partial charge in [-0.3, -0.25) is 4.98 Å². The van der Waals surface area contributed by atoms with Crippen molar-refractivity contribution in [3.05, 3.63) is 18.0 Å². The summed E-state index contributed by atoms with van der Waals surface area (Å²) in [6, 6.07) is 0. The lowest BCUT2D eigenvalue weighted by Gasteiger charge is -2.32. The minimum Gasteiger partial charge on any atom is -0.495 e. The molecule has 20 heavy (non-hydrogen) atoms. The Morgan fingerprint density at radius 2 is 1.70 bits per heavy atom. The van der Waals surface area contributed by atoms with E-state index in [4.69, 9.17) is 14.0 Å². The number of ether oxygens (including phenoxy) is 1. The van der Waals surface area contributed by atoms with E-state index in [0.29, 0.717) is 0 Å². The fourth-order valence-corrected chi connectivity index (χ4v) is 2.02. The third-order valence-electron chi connectivity index (χ3n) is 3.93. The third-order valence-corrected chi connectivity index (χ3v) is 3.93. The van der Waals surface area contributed by atoms with Gasteiger partial charge in [-0.15, -0.1) is 0 Å². The van der Waals surface area contributed by atoms with E-state index in [1.807, 2.05) is 27.7 Å². The molecule has 110 valence electrons. The van der Waals surface area contributed by atoms with Gasteiger partial charge in [0.1, 0.15) is 5.75 Å². The normalized spacial score (nSPS) is 20.5. The molecule has 0 bridgehead atoms. The highest BCUT2D eigenvalue weighted by Crippen LogP contribution is 2.38. The lowest BCUT2D eigenvalue weighted by molar-refractivity contribution is 0.00578. The van der Waals surface area contributed by atoms with Gasteiger partial charge in [0.2, 0.25) is 0 Å². The van der Waals surface area contributed by atoms with E-state index in [0.717, 1.165) is 6.20 Å². The molecule has 0 atom stereocenters. The maximum Gasteiger partial charge on any atom is 0.499 e.